The number of nitrogens with zero attached hydrogens (tertiary/aromatic N) is 1. The Bertz CT molecular complexity index is 1210. The Morgan fingerprint density at radius 2 is 2.22 bits per heavy atom. The number of carbonyl (C=O) groups excluding carboxylic acids is 3. The van der Waals surface area contributed by atoms with Gasteiger partial charge >= 0.3 is 5.97 Å². The minimum Gasteiger partial charge on any atom is -0.475 e. The van der Waals surface area contributed by atoms with Crippen LogP contribution in [-0.4, -0.2) is 52.8 Å². The predicted molar refractivity (Wildman–Crippen MR) is 116 cm³/mol. The highest BCUT2D eigenvalue weighted by Gasteiger charge is 2.74. The van der Waals surface area contributed by atoms with E-state index in [1.807, 2.05) is 0 Å². The largest absolute Gasteiger partial charge is 0.475 e. The molecule has 32 heavy (non-hydrogen) atoms. The second-order valence-corrected chi connectivity index (χ2v) is 10.1. The SMILES string of the molecule is [2H]C1=C2C([2H])([2H])C[C@H]3[C@@H]([C@H](O)C[C@]4(C)[C@@H]3C[C@@H]3OC(C)=N[C@@]34C(=O)C([2H])([2H])OC(C)=O)[C@]2(C)C=CC1=O. The maximum absolute atomic E-state index is 13.9. The smallest absolute Gasteiger partial charge is 0.303 e. The third kappa shape index (κ3) is 2.63. The quantitative estimate of drug-likeness (QED) is 0.669. The number of ketones is 2. The number of esters is 1. The number of fused-ring (bicyclic) bond motifs is 7. The molecular formula is C25H31NO6. The topological polar surface area (TPSA) is 102 Å². The van der Waals surface area contributed by atoms with Crippen molar-refractivity contribution >= 4 is 23.4 Å². The highest BCUT2D eigenvalue weighted by atomic mass is 16.5. The third-order valence-electron chi connectivity index (χ3n) is 8.50. The van der Waals surface area contributed by atoms with E-state index in [2.05, 4.69) is 4.99 Å². The number of aliphatic hydroxyl groups excluding tert-OH is 1. The van der Waals surface area contributed by atoms with Crippen molar-refractivity contribution in [3.05, 3.63) is 23.8 Å². The molecule has 8 atom stereocenters. The molecule has 0 unspecified atom stereocenters. The lowest BCUT2D eigenvalue weighted by atomic mass is 9.46. The fourth-order valence-electron chi connectivity index (χ4n) is 7.31. The molecule has 1 heterocycles. The number of aliphatic imine (C=N–C) groups is 1. The maximum Gasteiger partial charge on any atom is 0.303 e. The molecular weight excluding hydrogens is 410 g/mol. The number of hydrogen-bond donors (Lipinski definition) is 1. The van der Waals surface area contributed by atoms with E-state index in [1.54, 1.807) is 26.8 Å². The van der Waals surface area contributed by atoms with Crippen LogP contribution in [0, 0.1) is 28.6 Å². The number of aliphatic hydroxyl groups is 1. The number of hydrogen-bond acceptors (Lipinski definition) is 7. The first-order valence-corrected chi connectivity index (χ1v) is 11.0. The van der Waals surface area contributed by atoms with Crippen LogP contribution < -0.4 is 0 Å². The predicted octanol–water partition coefficient (Wildman–Crippen LogP) is 2.56. The molecule has 7 heteroatoms. The first kappa shape index (κ1) is 16.4. The molecule has 5 rings (SSSR count). The minimum absolute atomic E-state index is 0.0261. The fraction of sp³-hybridized carbons (Fsp3) is 0.680. The Balaban J connectivity index is 1.65. The monoisotopic (exact) mass is 446 g/mol. The van der Waals surface area contributed by atoms with E-state index in [-0.39, 0.29) is 36.8 Å². The summed E-state index contributed by atoms with van der Waals surface area (Å²) < 4.78 is 53.4. The first-order valence-electron chi connectivity index (χ1n) is 13.5. The van der Waals surface area contributed by atoms with Crippen LogP contribution in [0.25, 0.3) is 0 Å². The van der Waals surface area contributed by atoms with Crippen molar-refractivity contribution in [3.8, 4) is 0 Å². The van der Waals surface area contributed by atoms with Crippen LogP contribution in [0.4, 0.5) is 0 Å². The standard InChI is InChI=1S/C25H31NO6/c1-13-26-25(20(30)12-31-14(2)27)21(32-13)10-18-17-6-5-15-9-16(28)7-8-23(15,3)22(17)19(29)11-24(18,25)4/h7-9,17-19,21-22,29H,5-6,10-12H2,1-4H3/t17-,18-,19-,21+,22+,23-,24-,25+/m1/s1/i5D2,9D,12D2. The van der Waals surface area contributed by atoms with Gasteiger partial charge in [0.2, 0.25) is 5.78 Å². The van der Waals surface area contributed by atoms with E-state index >= 15 is 0 Å². The van der Waals surface area contributed by atoms with Crippen molar-refractivity contribution in [3.63, 3.8) is 0 Å². The van der Waals surface area contributed by atoms with Crippen LogP contribution >= 0.6 is 0 Å². The number of carbonyl (C=O) groups is 3. The van der Waals surface area contributed by atoms with Gasteiger partial charge in [-0.2, -0.15) is 0 Å². The lowest BCUT2D eigenvalue weighted by Crippen LogP contribution is -2.62. The average Bonchev–Trinajstić information content (AvgIpc) is 3.19. The summed E-state index contributed by atoms with van der Waals surface area (Å²) in [4.78, 5) is 42.4. The molecule has 0 saturated heterocycles. The van der Waals surface area contributed by atoms with E-state index in [4.69, 9.17) is 16.3 Å². The lowest BCUT2D eigenvalue weighted by Gasteiger charge is -2.59. The van der Waals surface area contributed by atoms with Crippen molar-refractivity contribution in [1.29, 1.82) is 0 Å². The molecule has 5 aliphatic rings. The van der Waals surface area contributed by atoms with Crippen LogP contribution in [0.1, 0.15) is 60.2 Å². The molecule has 172 valence electrons. The average molecular weight is 447 g/mol. The fourth-order valence-corrected chi connectivity index (χ4v) is 7.31. The van der Waals surface area contributed by atoms with E-state index in [1.165, 1.54) is 6.08 Å². The molecule has 0 aromatic rings. The molecule has 4 aliphatic carbocycles. The Morgan fingerprint density at radius 3 is 2.94 bits per heavy atom. The van der Waals surface area contributed by atoms with Crippen molar-refractivity contribution < 1.29 is 35.8 Å². The van der Waals surface area contributed by atoms with Crippen molar-refractivity contribution in [1.82, 2.24) is 0 Å². The first-order chi connectivity index (χ1) is 16.9. The highest BCUT2D eigenvalue weighted by Crippen LogP contribution is 2.69. The van der Waals surface area contributed by atoms with Gasteiger partial charge in [-0.1, -0.05) is 25.5 Å². The molecule has 0 spiro atoms. The summed E-state index contributed by atoms with van der Waals surface area (Å²) in [7, 11) is 0. The van der Waals surface area contributed by atoms with E-state index in [9.17, 15) is 19.5 Å². The van der Waals surface area contributed by atoms with Gasteiger partial charge in [-0.3, -0.25) is 14.4 Å². The zero-order chi connectivity index (χ0) is 27.5. The van der Waals surface area contributed by atoms with Gasteiger partial charge in [0, 0.05) is 33.3 Å². The van der Waals surface area contributed by atoms with Gasteiger partial charge < -0.3 is 14.6 Å². The number of rotatable bonds is 3. The second-order valence-electron chi connectivity index (χ2n) is 10.1. The molecule has 0 radical (unpaired) electrons. The molecule has 3 fully saturated rings. The van der Waals surface area contributed by atoms with Gasteiger partial charge in [-0.05, 0) is 49.6 Å². The van der Waals surface area contributed by atoms with Gasteiger partial charge in [0.25, 0.3) is 0 Å². The Morgan fingerprint density at radius 1 is 1.47 bits per heavy atom. The molecule has 1 N–H and O–H groups in total. The van der Waals surface area contributed by atoms with Crippen molar-refractivity contribution in [2.24, 2.45) is 33.6 Å². The van der Waals surface area contributed by atoms with E-state index in [0.717, 1.165) is 6.92 Å². The molecule has 1 aliphatic heterocycles. The molecule has 3 saturated carbocycles. The zero-order valence-corrected chi connectivity index (χ0v) is 18.6. The molecule has 7 nitrogen and oxygen atoms in total. The van der Waals surface area contributed by atoms with Crippen molar-refractivity contribution in [2.75, 3.05) is 6.56 Å². The number of Topliss-reactive ketones (excluding diaryl/α,β-unsaturated/α-hetero) is 1. The minimum atomic E-state index is -2.99. The lowest BCUT2D eigenvalue weighted by molar-refractivity contribution is -0.155. The van der Waals surface area contributed by atoms with Crippen LogP contribution in [0.3, 0.4) is 0 Å². The Labute approximate surface area is 195 Å². The summed E-state index contributed by atoms with van der Waals surface area (Å²) in [5.74, 6) is -3.85. The second kappa shape index (κ2) is 6.86. The van der Waals surface area contributed by atoms with Gasteiger partial charge in [0.05, 0.1) is 10.2 Å². The Hall–Kier alpha value is -2.28. The molecule has 0 amide bonds. The normalized spacial score (nSPS) is 50.8. The van der Waals surface area contributed by atoms with Crippen molar-refractivity contribution in [2.45, 2.75) is 71.1 Å². The molecule has 0 aromatic carbocycles. The zero-order valence-electron chi connectivity index (χ0n) is 23.6. The van der Waals surface area contributed by atoms with Gasteiger partial charge in [-0.25, -0.2) is 4.99 Å². The van der Waals surface area contributed by atoms with Gasteiger partial charge in [0.15, 0.2) is 23.8 Å². The summed E-state index contributed by atoms with van der Waals surface area (Å²) in [5, 5.41) is 11.7. The summed E-state index contributed by atoms with van der Waals surface area (Å²) in [6.07, 6.45) is -0.911. The maximum atomic E-state index is 13.9. The van der Waals surface area contributed by atoms with E-state index in [0.29, 0.717) is 0 Å². The van der Waals surface area contributed by atoms with E-state index < -0.39 is 76.8 Å². The Kier molecular flexibility index (Phi) is 3.51. The van der Waals surface area contributed by atoms with Gasteiger partial charge in [0.1, 0.15) is 6.10 Å². The van der Waals surface area contributed by atoms with Crippen LogP contribution in [0.2, 0.25) is 0 Å². The highest BCUT2D eigenvalue weighted by molar-refractivity contribution is 6.01. The van der Waals surface area contributed by atoms with Crippen LogP contribution in [0.5, 0.6) is 0 Å². The molecule has 0 bridgehead atoms. The number of allylic oxidation sites excluding steroid dienone is 4. The summed E-state index contributed by atoms with van der Waals surface area (Å²) in [6, 6.07) is -0.387. The number of ether oxygens (including phenoxy) is 2. The van der Waals surface area contributed by atoms with Crippen LogP contribution in [-0.2, 0) is 23.9 Å². The summed E-state index contributed by atoms with van der Waals surface area (Å²) in [6.45, 7) is 3.08. The van der Waals surface area contributed by atoms with Gasteiger partial charge in [-0.15, -0.1) is 0 Å². The molecule has 0 aromatic heterocycles. The third-order valence-corrected chi connectivity index (χ3v) is 8.50. The van der Waals surface area contributed by atoms with Crippen LogP contribution in [0.15, 0.2) is 28.8 Å². The summed E-state index contributed by atoms with van der Waals surface area (Å²) >= 11 is 0. The summed E-state index contributed by atoms with van der Waals surface area (Å²) in [5.41, 5.74) is -3.96.